The number of rotatable bonds is 6. The third kappa shape index (κ3) is 3.98. The van der Waals surface area contributed by atoms with Crippen LogP contribution >= 0.6 is 0 Å². The molecule has 3 rings (SSSR count). The summed E-state index contributed by atoms with van der Waals surface area (Å²) in [7, 11) is 0. The van der Waals surface area contributed by atoms with Gasteiger partial charge in [-0.3, -0.25) is 0 Å². The largest absolute Gasteiger partial charge is 0.478 e. The molecular formula is C22H18O4. The van der Waals surface area contributed by atoms with Crippen molar-refractivity contribution in [1.82, 2.24) is 0 Å². The average Bonchev–Trinajstić information content (AvgIpc) is 2.64. The van der Waals surface area contributed by atoms with Crippen LogP contribution in [-0.4, -0.2) is 22.2 Å². The van der Waals surface area contributed by atoms with E-state index in [0.717, 1.165) is 11.1 Å². The maximum atomic E-state index is 11.8. The van der Waals surface area contributed by atoms with E-state index in [-0.39, 0.29) is 11.1 Å². The van der Waals surface area contributed by atoms with Gasteiger partial charge in [-0.2, -0.15) is 0 Å². The second-order valence-electron chi connectivity index (χ2n) is 6.10. The minimum absolute atomic E-state index is 0.143. The molecule has 4 heteroatoms. The molecule has 0 aromatic heterocycles. The molecule has 2 N–H and O–H groups in total. The van der Waals surface area contributed by atoms with Crippen LogP contribution < -0.4 is 0 Å². The molecule has 0 amide bonds. The Labute approximate surface area is 151 Å². The number of aromatic carboxylic acids is 2. The van der Waals surface area contributed by atoms with Crippen LogP contribution in [0.2, 0.25) is 0 Å². The summed E-state index contributed by atoms with van der Waals surface area (Å²) in [5.41, 5.74) is 3.15. The zero-order chi connectivity index (χ0) is 18.5. The molecule has 0 atom stereocenters. The van der Waals surface area contributed by atoms with E-state index < -0.39 is 11.9 Å². The summed E-state index contributed by atoms with van der Waals surface area (Å²) in [5.74, 6) is -2.11. The van der Waals surface area contributed by atoms with E-state index in [1.165, 1.54) is 12.1 Å². The average molecular weight is 346 g/mol. The molecule has 0 radical (unpaired) electrons. The Bertz CT molecular complexity index is 852. The van der Waals surface area contributed by atoms with Gasteiger partial charge in [-0.25, -0.2) is 9.59 Å². The van der Waals surface area contributed by atoms with E-state index in [1.807, 2.05) is 60.7 Å². The summed E-state index contributed by atoms with van der Waals surface area (Å²) in [5, 5.41) is 19.2. The molecular weight excluding hydrogens is 328 g/mol. The van der Waals surface area contributed by atoms with E-state index in [1.54, 1.807) is 0 Å². The van der Waals surface area contributed by atoms with Crippen molar-refractivity contribution in [2.45, 2.75) is 12.8 Å². The van der Waals surface area contributed by atoms with Gasteiger partial charge in [-0.05, 0) is 47.2 Å². The van der Waals surface area contributed by atoms with Crippen molar-refractivity contribution in [2.24, 2.45) is 0 Å². The van der Waals surface area contributed by atoms with Gasteiger partial charge in [-0.15, -0.1) is 0 Å². The standard InChI is InChI=1S/C22H18O4/c23-21(24)19-14-18(12-16-9-5-2-6-10-16)20(22(25)26)13-17(19)11-15-7-3-1-4-8-15/h1-10,13-14H,11-12H2,(H,23,24)(H,25,26). The number of carboxylic acid groups (broad SMARTS) is 2. The van der Waals surface area contributed by atoms with Crippen LogP contribution in [0.4, 0.5) is 0 Å². The summed E-state index contributed by atoms with van der Waals surface area (Å²) in [6.45, 7) is 0. The van der Waals surface area contributed by atoms with E-state index in [2.05, 4.69) is 0 Å². The van der Waals surface area contributed by atoms with Gasteiger partial charge < -0.3 is 10.2 Å². The molecule has 0 bridgehead atoms. The lowest BCUT2D eigenvalue weighted by molar-refractivity contribution is 0.0679. The molecule has 130 valence electrons. The Morgan fingerprint density at radius 1 is 0.615 bits per heavy atom. The zero-order valence-electron chi connectivity index (χ0n) is 14.1. The van der Waals surface area contributed by atoms with Crippen LogP contribution in [0, 0.1) is 0 Å². The van der Waals surface area contributed by atoms with Gasteiger partial charge in [0.1, 0.15) is 0 Å². The summed E-state index contributed by atoms with van der Waals surface area (Å²) in [6.07, 6.45) is 0.739. The molecule has 0 saturated carbocycles. The second-order valence-corrected chi connectivity index (χ2v) is 6.10. The van der Waals surface area contributed by atoms with Gasteiger partial charge in [0.05, 0.1) is 11.1 Å². The first-order valence-corrected chi connectivity index (χ1v) is 8.25. The van der Waals surface area contributed by atoms with Crippen molar-refractivity contribution >= 4 is 11.9 Å². The molecule has 0 heterocycles. The van der Waals surface area contributed by atoms with Crippen molar-refractivity contribution in [3.05, 3.63) is 106 Å². The van der Waals surface area contributed by atoms with Crippen LogP contribution in [0.25, 0.3) is 0 Å². The summed E-state index contributed by atoms with van der Waals surface area (Å²) < 4.78 is 0. The minimum Gasteiger partial charge on any atom is -0.478 e. The van der Waals surface area contributed by atoms with Gasteiger partial charge in [0, 0.05) is 0 Å². The Balaban J connectivity index is 2.06. The number of hydrogen-bond donors (Lipinski definition) is 2. The van der Waals surface area contributed by atoms with Crippen molar-refractivity contribution < 1.29 is 19.8 Å². The predicted octanol–water partition coefficient (Wildman–Crippen LogP) is 4.26. The molecule has 0 aliphatic heterocycles. The van der Waals surface area contributed by atoms with Crippen molar-refractivity contribution in [3.8, 4) is 0 Å². The minimum atomic E-state index is -1.05. The van der Waals surface area contributed by atoms with Crippen molar-refractivity contribution in [1.29, 1.82) is 0 Å². The first-order chi connectivity index (χ1) is 12.5. The lowest BCUT2D eigenvalue weighted by Crippen LogP contribution is -2.11. The van der Waals surface area contributed by atoms with Crippen LogP contribution in [0.15, 0.2) is 72.8 Å². The topological polar surface area (TPSA) is 74.6 Å². The van der Waals surface area contributed by atoms with Crippen LogP contribution in [0.5, 0.6) is 0 Å². The quantitative estimate of drug-likeness (QED) is 0.699. The highest BCUT2D eigenvalue weighted by Crippen LogP contribution is 2.23. The SMILES string of the molecule is O=C(O)c1cc(Cc2ccccc2)c(C(=O)O)cc1Cc1ccccc1. The summed E-state index contributed by atoms with van der Waals surface area (Å²) in [4.78, 5) is 23.5. The number of carboxylic acids is 2. The normalized spacial score (nSPS) is 10.5. The molecule has 4 nitrogen and oxygen atoms in total. The highest BCUT2D eigenvalue weighted by molar-refractivity contribution is 5.95. The fourth-order valence-electron chi connectivity index (χ4n) is 3.01. The molecule has 3 aromatic rings. The van der Waals surface area contributed by atoms with Gasteiger partial charge in [0.15, 0.2) is 0 Å². The number of benzene rings is 3. The number of hydrogen-bond acceptors (Lipinski definition) is 2. The smallest absolute Gasteiger partial charge is 0.335 e. The van der Waals surface area contributed by atoms with Gasteiger partial charge >= 0.3 is 11.9 Å². The van der Waals surface area contributed by atoms with Crippen LogP contribution in [0.3, 0.4) is 0 Å². The molecule has 0 spiro atoms. The van der Waals surface area contributed by atoms with Crippen molar-refractivity contribution in [3.63, 3.8) is 0 Å². The highest BCUT2D eigenvalue weighted by Gasteiger charge is 2.19. The second kappa shape index (κ2) is 7.66. The van der Waals surface area contributed by atoms with Crippen LogP contribution in [0.1, 0.15) is 43.0 Å². The van der Waals surface area contributed by atoms with E-state index in [0.29, 0.717) is 24.0 Å². The maximum Gasteiger partial charge on any atom is 0.335 e. The van der Waals surface area contributed by atoms with Gasteiger partial charge in [0.25, 0.3) is 0 Å². The monoisotopic (exact) mass is 346 g/mol. The van der Waals surface area contributed by atoms with Gasteiger partial charge in [-0.1, -0.05) is 60.7 Å². The Morgan fingerprint density at radius 3 is 1.27 bits per heavy atom. The molecule has 0 unspecified atom stereocenters. The third-order valence-corrected chi connectivity index (χ3v) is 4.26. The van der Waals surface area contributed by atoms with E-state index in [4.69, 9.17) is 0 Å². The lowest BCUT2D eigenvalue weighted by atomic mass is 9.91. The highest BCUT2D eigenvalue weighted by atomic mass is 16.4. The Morgan fingerprint density at radius 2 is 0.962 bits per heavy atom. The van der Waals surface area contributed by atoms with E-state index >= 15 is 0 Å². The van der Waals surface area contributed by atoms with E-state index in [9.17, 15) is 19.8 Å². The first kappa shape index (κ1) is 17.4. The zero-order valence-corrected chi connectivity index (χ0v) is 14.1. The molecule has 0 fully saturated rings. The lowest BCUT2D eigenvalue weighted by Gasteiger charge is -2.13. The van der Waals surface area contributed by atoms with Gasteiger partial charge in [0.2, 0.25) is 0 Å². The fraction of sp³-hybridized carbons (Fsp3) is 0.0909. The third-order valence-electron chi connectivity index (χ3n) is 4.26. The Kier molecular flexibility index (Phi) is 5.13. The first-order valence-electron chi connectivity index (χ1n) is 8.25. The summed E-state index contributed by atoms with van der Waals surface area (Å²) in [6, 6.07) is 21.8. The maximum absolute atomic E-state index is 11.8. The van der Waals surface area contributed by atoms with Crippen molar-refractivity contribution in [2.75, 3.05) is 0 Å². The molecule has 26 heavy (non-hydrogen) atoms. The molecule has 0 saturated heterocycles. The predicted molar refractivity (Wildman–Crippen MR) is 98.9 cm³/mol. The Hall–Kier alpha value is -3.40. The molecule has 0 aliphatic carbocycles. The number of carbonyl (C=O) groups is 2. The molecule has 3 aromatic carbocycles. The van der Waals surface area contributed by atoms with Crippen LogP contribution in [-0.2, 0) is 12.8 Å². The fourth-order valence-corrected chi connectivity index (χ4v) is 3.01. The molecule has 0 aliphatic rings. The summed E-state index contributed by atoms with van der Waals surface area (Å²) >= 11 is 0.